The van der Waals surface area contributed by atoms with E-state index in [2.05, 4.69) is 0 Å². The van der Waals surface area contributed by atoms with Gasteiger partial charge >= 0.3 is 12.1 Å². The average molecular weight is 471 g/mol. The SMILES string of the molecule is CCN(C(=O)C(F)(F)F)[C@H]1CO[C@@H](O[C@H]2[C@H](OC)O[C@H](C)[C@@H]3OC(C)(C)O[C@@H]32)C[C@@H]1OC. The zero-order chi connectivity index (χ0) is 23.8. The third-order valence-electron chi connectivity index (χ3n) is 5.96. The zero-order valence-electron chi connectivity index (χ0n) is 19.1. The molecule has 186 valence electrons. The Bertz CT molecular complexity index is 663. The number of carbonyl (C=O) groups excluding carboxylic acids is 1. The first-order chi connectivity index (χ1) is 14.9. The Kier molecular flexibility index (Phi) is 7.75. The summed E-state index contributed by atoms with van der Waals surface area (Å²) in [4.78, 5) is 12.6. The highest BCUT2D eigenvalue weighted by atomic mass is 19.4. The lowest BCUT2D eigenvalue weighted by Crippen LogP contribution is -2.60. The number of carbonyl (C=O) groups is 1. The highest BCUT2D eigenvalue weighted by Gasteiger charge is 2.56. The zero-order valence-corrected chi connectivity index (χ0v) is 19.1. The molecule has 1 amide bonds. The van der Waals surface area contributed by atoms with Crippen molar-refractivity contribution in [3.63, 3.8) is 0 Å². The van der Waals surface area contributed by atoms with Crippen molar-refractivity contribution in [2.45, 2.75) is 95.2 Å². The molecule has 0 aromatic heterocycles. The fourth-order valence-corrected chi connectivity index (χ4v) is 4.52. The number of rotatable bonds is 6. The first-order valence-corrected chi connectivity index (χ1v) is 10.6. The Morgan fingerprint density at radius 2 is 1.81 bits per heavy atom. The lowest BCUT2D eigenvalue weighted by Gasteiger charge is -2.44. The van der Waals surface area contributed by atoms with Gasteiger partial charge in [-0.2, -0.15) is 13.2 Å². The molecule has 3 aliphatic rings. The summed E-state index contributed by atoms with van der Waals surface area (Å²) in [5, 5.41) is 0. The number of methoxy groups -OCH3 is 2. The lowest BCUT2D eigenvalue weighted by atomic mass is 9.99. The summed E-state index contributed by atoms with van der Waals surface area (Å²) in [7, 11) is 2.86. The van der Waals surface area contributed by atoms with Gasteiger partial charge in [-0.25, -0.2) is 0 Å². The maximum absolute atomic E-state index is 13.0. The van der Waals surface area contributed by atoms with Gasteiger partial charge in [0.05, 0.1) is 24.9 Å². The average Bonchev–Trinajstić information content (AvgIpc) is 3.06. The van der Waals surface area contributed by atoms with E-state index in [1.165, 1.54) is 21.1 Å². The van der Waals surface area contributed by atoms with Gasteiger partial charge in [-0.1, -0.05) is 0 Å². The molecule has 0 spiro atoms. The van der Waals surface area contributed by atoms with Crippen molar-refractivity contribution in [2.24, 2.45) is 0 Å². The molecule has 0 aliphatic carbocycles. The van der Waals surface area contributed by atoms with E-state index in [0.717, 1.165) is 4.90 Å². The minimum atomic E-state index is -4.98. The van der Waals surface area contributed by atoms with Gasteiger partial charge in [-0.3, -0.25) is 4.79 Å². The van der Waals surface area contributed by atoms with Crippen molar-refractivity contribution in [2.75, 3.05) is 27.4 Å². The molecule has 12 heteroatoms. The number of hydrogen-bond acceptors (Lipinski definition) is 8. The molecule has 0 saturated carbocycles. The molecule has 8 atom stereocenters. The maximum Gasteiger partial charge on any atom is 0.471 e. The van der Waals surface area contributed by atoms with Crippen molar-refractivity contribution in [1.29, 1.82) is 0 Å². The molecule has 3 heterocycles. The second kappa shape index (κ2) is 9.69. The van der Waals surface area contributed by atoms with Crippen molar-refractivity contribution < 1.29 is 51.1 Å². The van der Waals surface area contributed by atoms with E-state index in [1.807, 2.05) is 6.92 Å². The predicted molar refractivity (Wildman–Crippen MR) is 102 cm³/mol. The Morgan fingerprint density at radius 3 is 2.38 bits per heavy atom. The predicted octanol–water partition coefficient (Wildman–Crippen LogP) is 1.82. The molecule has 0 bridgehead atoms. The lowest BCUT2D eigenvalue weighted by molar-refractivity contribution is -0.320. The van der Waals surface area contributed by atoms with Crippen LogP contribution in [0.15, 0.2) is 0 Å². The molecular formula is C20H32F3NO8. The van der Waals surface area contributed by atoms with Crippen LogP contribution in [0, 0.1) is 0 Å². The Balaban J connectivity index is 1.71. The number of fused-ring (bicyclic) bond motifs is 1. The number of amides is 1. The first-order valence-electron chi connectivity index (χ1n) is 10.6. The van der Waals surface area contributed by atoms with Crippen molar-refractivity contribution in [1.82, 2.24) is 4.90 Å². The molecule has 3 aliphatic heterocycles. The quantitative estimate of drug-likeness (QED) is 0.580. The van der Waals surface area contributed by atoms with Gasteiger partial charge in [0.15, 0.2) is 18.4 Å². The van der Waals surface area contributed by atoms with Crippen LogP contribution >= 0.6 is 0 Å². The summed E-state index contributed by atoms with van der Waals surface area (Å²) < 4.78 is 79.6. The van der Waals surface area contributed by atoms with Crippen LogP contribution in [0.25, 0.3) is 0 Å². The van der Waals surface area contributed by atoms with Gasteiger partial charge in [0, 0.05) is 27.2 Å². The normalized spacial score (nSPS) is 39.5. The number of ether oxygens (including phenoxy) is 7. The Hall–Kier alpha value is -1.02. The van der Waals surface area contributed by atoms with E-state index >= 15 is 0 Å². The van der Waals surface area contributed by atoms with Gasteiger partial charge in [0.2, 0.25) is 0 Å². The fraction of sp³-hybridized carbons (Fsp3) is 0.950. The van der Waals surface area contributed by atoms with E-state index in [1.54, 1.807) is 13.8 Å². The van der Waals surface area contributed by atoms with E-state index in [0.29, 0.717) is 0 Å². The van der Waals surface area contributed by atoms with E-state index in [9.17, 15) is 18.0 Å². The molecule has 0 aromatic carbocycles. The number of alkyl halides is 3. The minimum absolute atomic E-state index is 0.104. The number of halogens is 3. The smallest absolute Gasteiger partial charge is 0.379 e. The van der Waals surface area contributed by atoms with Crippen molar-refractivity contribution in [3.05, 3.63) is 0 Å². The minimum Gasteiger partial charge on any atom is -0.379 e. The number of likely N-dealkylation sites (N-methyl/N-ethyl adjacent to an activating group) is 1. The third-order valence-corrected chi connectivity index (χ3v) is 5.96. The van der Waals surface area contributed by atoms with Gasteiger partial charge in [0.25, 0.3) is 0 Å². The van der Waals surface area contributed by atoms with E-state index < -0.39 is 60.9 Å². The molecule has 3 fully saturated rings. The standard InChI is InChI=1S/C20H32F3NO8/c1-7-24(18(25)20(21,22)23)11-9-28-13(8-12(11)26-5)30-16-15-14(31-19(3,4)32-15)10(2)29-17(16)27-6/h10-17H,7-9H2,1-6H3/t10-,11+,12+,13+,14+,15+,16-,17-/m1/s1. The second-order valence-corrected chi connectivity index (χ2v) is 8.54. The maximum atomic E-state index is 13.0. The van der Waals surface area contributed by atoms with Crippen LogP contribution in [0.5, 0.6) is 0 Å². The molecule has 3 saturated heterocycles. The van der Waals surface area contributed by atoms with Gasteiger partial charge in [-0.15, -0.1) is 0 Å². The Morgan fingerprint density at radius 1 is 1.16 bits per heavy atom. The molecule has 3 rings (SSSR count). The molecule has 32 heavy (non-hydrogen) atoms. The summed E-state index contributed by atoms with van der Waals surface area (Å²) in [6.07, 6.45) is -9.10. The van der Waals surface area contributed by atoms with Crippen LogP contribution in [-0.4, -0.2) is 99.3 Å². The monoisotopic (exact) mass is 471 g/mol. The highest BCUT2D eigenvalue weighted by molar-refractivity contribution is 5.82. The second-order valence-electron chi connectivity index (χ2n) is 8.54. The molecule has 0 radical (unpaired) electrons. The molecule has 0 unspecified atom stereocenters. The summed E-state index contributed by atoms with van der Waals surface area (Å²) in [5.74, 6) is -2.77. The van der Waals surface area contributed by atoms with E-state index in [-0.39, 0.29) is 25.7 Å². The summed E-state index contributed by atoms with van der Waals surface area (Å²) >= 11 is 0. The molecular weight excluding hydrogens is 439 g/mol. The van der Waals surface area contributed by atoms with Gasteiger partial charge in [0.1, 0.15) is 18.3 Å². The van der Waals surface area contributed by atoms with Crippen LogP contribution in [0.2, 0.25) is 0 Å². The highest BCUT2D eigenvalue weighted by Crippen LogP contribution is 2.40. The van der Waals surface area contributed by atoms with Crippen molar-refractivity contribution >= 4 is 5.91 Å². The number of hydrogen-bond donors (Lipinski definition) is 0. The van der Waals surface area contributed by atoms with Gasteiger partial charge < -0.3 is 38.1 Å². The van der Waals surface area contributed by atoms with E-state index in [4.69, 9.17) is 33.2 Å². The van der Waals surface area contributed by atoms with Crippen molar-refractivity contribution in [3.8, 4) is 0 Å². The Labute approximate surface area is 185 Å². The summed E-state index contributed by atoms with van der Waals surface area (Å²) in [6.45, 7) is 6.58. The van der Waals surface area contributed by atoms with Crippen LogP contribution < -0.4 is 0 Å². The molecule has 0 N–H and O–H groups in total. The van der Waals surface area contributed by atoms with Gasteiger partial charge in [-0.05, 0) is 27.7 Å². The third kappa shape index (κ3) is 5.21. The topological polar surface area (TPSA) is 84.9 Å². The molecule has 0 aromatic rings. The number of nitrogens with zero attached hydrogens (tertiary/aromatic N) is 1. The van der Waals surface area contributed by atoms with Crippen LogP contribution in [-0.2, 0) is 38.0 Å². The van der Waals surface area contributed by atoms with Crippen LogP contribution in [0.4, 0.5) is 13.2 Å². The summed E-state index contributed by atoms with van der Waals surface area (Å²) in [5.41, 5.74) is 0. The fourth-order valence-electron chi connectivity index (χ4n) is 4.52. The summed E-state index contributed by atoms with van der Waals surface area (Å²) in [6, 6.07) is -0.905. The first kappa shape index (κ1) is 25.6. The van der Waals surface area contributed by atoms with Crippen LogP contribution in [0.3, 0.4) is 0 Å². The largest absolute Gasteiger partial charge is 0.471 e. The van der Waals surface area contributed by atoms with Crippen LogP contribution in [0.1, 0.15) is 34.1 Å². The molecule has 9 nitrogen and oxygen atoms in total.